The molecule has 5 heterocycles. The molecule has 0 radical (unpaired) electrons. The zero-order valence-electron chi connectivity index (χ0n) is 54.9. The van der Waals surface area contributed by atoms with Crippen LogP contribution in [-0.4, -0.2) is 128 Å². The first kappa shape index (κ1) is 75.1. The number of benzene rings is 5. The lowest BCUT2D eigenvalue weighted by Gasteiger charge is -2.20. The lowest BCUT2D eigenvalue weighted by molar-refractivity contribution is -0.384. The van der Waals surface area contributed by atoms with Gasteiger partial charge in [0.05, 0.1) is 143 Å². The molecule has 0 saturated carbocycles. The molecule has 33 heteroatoms. The maximum Gasteiger partial charge on any atom is 0.325 e. The molecule has 0 saturated heterocycles. The lowest BCUT2D eigenvalue weighted by atomic mass is 9.95. The summed E-state index contributed by atoms with van der Waals surface area (Å²) in [5, 5.41) is 53.2. The summed E-state index contributed by atoms with van der Waals surface area (Å²) in [5.41, 5.74) is 16.2. The number of nitro groups is 3. The SMILES string of the molecule is CCOC(=O)CNc1cc(-c2c(C)noc2C)c(OC)cc1[N+](=O)[O-].CCOC(=O)CNc1cc(Br)c(OC)cc1[N+](=O)[O-].COc1cc([N+](=O)[O-])c(N)cc1Br.COc1cc2c(cc1-c1c(C)noc1C)N=CC(=O)C2.COc1cc2c(cc1-c1c(C)noc1C)NCC(=O)C2. The number of esters is 2. The third kappa shape index (κ3) is 18.9. The number of fused-ring (bicyclic) bond motifs is 2. The van der Waals surface area contributed by atoms with Gasteiger partial charge in [-0.05, 0) is 141 Å². The average molecular weight is 1470 g/mol. The quantitative estimate of drug-likeness (QED) is 0.0253. The minimum Gasteiger partial charge on any atom is -0.496 e. The molecule has 0 spiro atoms. The molecule has 0 unspecified atom stereocenters. The molecule has 0 fully saturated rings. The highest BCUT2D eigenvalue weighted by molar-refractivity contribution is 9.11. The summed E-state index contributed by atoms with van der Waals surface area (Å²) in [6.45, 7) is 14.9. The van der Waals surface area contributed by atoms with E-state index < -0.39 is 26.7 Å². The molecule has 2 aliphatic rings. The van der Waals surface area contributed by atoms with E-state index in [1.807, 2.05) is 52.0 Å². The highest BCUT2D eigenvalue weighted by Crippen LogP contribution is 2.44. The van der Waals surface area contributed by atoms with E-state index in [2.05, 4.69) is 68.3 Å². The van der Waals surface area contributed by atoms with Crippen LogP contribution in [0, 0.1) is 71.9 Å². The monoisotopic (exact) mass is 1470 g/mol. The predicted octanol–water partition coefficient (Wildman–Crippen LogP) is 12.4. The van der Waals surface area contributed by atoms with Gasteiger partial charge in [0.1, 0.15) is 76.2 Å². The van der Waals surface area contributed by atoms with Gasteiger partial charge in [0.15, 0.2) is 11.6 Å². The van der Waals surface area contributed by atoms with Crippen molar-refractivity contribution >= 4 is 107 Å². The Morgan fingerprint density at radius 3 is 1.39 bits per heavy atom. The summed E-state index contributed by atoms with van der Waals surface area (Å²) < 4.78 is 52.4. The zero-order chi connectivity index (χ0) is 71.5. The number of methoxy groups -OCH3 is 5. The van der Waals surface area contributed by atoms with E-state index in [1.165, 1.54) is 57.9 Å². The minimum absolute atomic E-state index is 0.00430. The van der Waals surface area contributed by atoms with Gasteiger partial charge in [-0.15, -0.1) is 0 Å². The van der Waals surface area contributed by atoms with Gasteiger partial charge < -0.3 is 68.4 Å². The average Bonchev–Trinajstić information content (AvgIpc) is 1.77. The van der Waals surface area contributed by atoms with E-state index in [9.17, 15) is 49.5 Å². The molecular formula is C64H69Br2N11O20. The van der Waals surface area contributed by atoms with E-state index in [-0.39, 0.29) is 72.0 Å². The Morgan fingerprint density at radius 1 is 0.557 bits per heavy atom. The number of halogens is 2. The highest BCUT2D eigenvalue weighted by atomic mass is 79.9. The van der Waals surface area contributed by atoms with Gasteiger partial charge in [0, 0.05) is 35.2 Å². The number of nitrogens with zero attached hydrogens (tertiary/aromatic N) is 7. The van der Waals surface area contributed by atoms with Crippen molar-refractivity contribution in [3.05, 3.63) is 145 Å². The number of nitrogens with one attached hydrogen (secondary N) is 3. The fraction of sp³-hybridized carbons (Fsp3) is 0.312. The van der Waals surface area contributed by atoms with Gasteiger partial charge in [-0.25, -0.2) is 0 Å². The number of rotatable bonds is 19. The van der Waals surface area contributed by atoms with Crippen LogP contribution in [0.1, 0.15) is 59.3 Å². The predicted molar refractivity (Wildman–Crippen MR) is 364 cm³/mol. The molecule has 97 heavy (non-hydrogen) atoms. The number of nitro benzene ring substituents is 3. The number of anilines is 4. The van der Waals surface area contributed by atoms with Gasteiger partial charge in [0.2, 0.25) is 0 Å². The molecule has 3 aromatic heterocycles. The number of carbonyl (C=O) groups excluding carboxylic acids is 4. The summed E-state index contributed by atoms with van der Waals surface area (Å²) >= 11 is 6.39. The van der Waals surface area contributed by atoms with Crippen molar-refractivity contribution in [3.63, 3.8) is 0 Å². The van der Waals surface area contributed by atoms with Crippen LogP contribution in [0.15, 0.2) is 88.2 Å². The molecule has 31 nitrogen and oxygen atoms in total. The summed E-state index contributed by atoms with van der Waals surface area (Å²) in [6.07, 6.45) is 2.17. The van der Waals surface area contributed by atoms with Gasteiger partial charge in [-0.3, -0.25) is 54.5 Å². The van der Waals surface area contributed by atoms with Crippen LogP contribution in [0.25, 0.3) is 33.4 Å². The number of aryl methyl sites for hydroxylation is 6. The Kier molecular flexibility index (Phi) is 26.7. The number of aliphatic imine (C=N–C) groups is 1. The molecule has 10 rings (SSSR count). The Balaban J connectivity index is 0.000000194. The Morgan fingerprint density at radius 2 is 0.959 bits per heavy atom. The number of aromatic nitrogens is 3. The second kappa shape index (κ2) is 34.4. The second-order valence-electron chi connectivity index (χ2n) is 20.7. The topological polar surface area (TPSA) is 415 Å². The lowest BCUT2D eigenvalue weighted by Crippen LogP contribution is -2.22. The number of hydrogen-bond donors (Lipinski definition) is 4. The summed E-state index contributed by atoms with van der Waals surface area (Å²) in [5.74, 6) is 3.71. The highest BCUT2D eigenvalue weighted by Gasteiger charge is 2.27. The van der Waals surface area contributed by atoms with Crippen molar-refractivity contribution < 1.29 is 80.7 Å². The fourth-order valence-electron chi connectivity index (χ4n) is 9.83. The number of carbonyl (C=O) groups is 4. The maximum atomic E-state index is 11.5. The van der Waals surface area contributed by atoms with Crippen LogP contribution in [0.3, 0.4) is 0 Å². The molecule has 5 aromatic carbocycles. The van der Waals surface area contributed by atoms with Gasteiger partial charge in [-0.1, -0.05) is 15.5 Å². The number of Topliss-reactive ketones (excluding diaryl/α,β-unsaturated/α-hetero) is 2. The number of ether oxygens (including phenoxy) is 7. The summed E-state index contributed by atoms with van der Waals surface area (Å²) in [4.78, 5) is 81.0. The van der Waals surface area contributed by atoms with Crippen molar-refractivity contribution in [1.82, 2.24) is 15.5 Å². The first-order chi connectivity index (χ1) is 46.1. The fourth-order valence-corrected chi connectivity index (χ4v) is 10.9. The minimum atomic E-state index is -0.553. The number of nitrogens with two attached hydrogens (primary N) is 1. The first-order valence-electron chi connectivity index (χ1n) is 29.1. The van der Waals surface area contributed by atoms with Crippen molar-refractivity contribution in [2.24, 2.45) is 4.99 Å². The van der Waals surface area contributed by atoms with Crippen LogP contribution >= 0.6 is 31.9 Å². The largest absolute Gasteiger partial charge is 0.496 e. The van der Waals surface area contributed by atoms with Gasteiger partial charge in [0.25, 0.3) is 17.1 Å². The number of hydrogen-bond acceptors (Lipinski definition) is 28. The second-order valence-corrected chi connectivity index (χ2v) is 22.4. The molecule has 0 atom stereocenters. The first-order valence-corrected chi connectivity index (χ1v) is 30.7. The Hall–Kier alpha value is -11.0. The molecule has 514 valence electrons. The van der Waals surface area contributed by atoms with Crippen molar-refractivity contribution in [1.29, 1.82) is 0 Å². The van der Waals surface area contributed by atoms with Gasteiger partial charge >= 0.3 is 11.9 Å². The Labute approximate surface area is 571 Å². The summed E-state index contributed by atoms with van der Waals surface area (Å²) in [6, 6.07) is 16.0. The van der Waals surface area contributed by atoms with E-state index in [0.717, 1.165) is 73.4 Å². The van der Waals surface area contributed by atoms with Crippen molar-refractivity contribution in [2.45, 2.75) is 68.2 Å². The molecule has 0 bridgehead atoms. The van der Waals surface area contributed by atoms with Crippen LogP contribution in [0.4, 0.5) is 45.5 Å². The molecular weight excluding hydrogens is 1400 g/mol. The standard InChI is InChI=1S/C16H19N3O6.C15H16N2O3.C15H14N2O3.C11H13BrN2O5.C7H7BrN2O3/c1-5-24-15(20)8-17-12-6-11(16-9(2)18-25-10(16)3)14(23-4)7-13(12)19(21)22;2*1-8-15(9(2)20-17-8)12-6-13-10(5-14(12)19-3)4-11(18)7-16-13;1-3-19-11(15)6-13-8-4-7(12)10(18-2)5-9(8)14(16)17;1-13-7-3-6(10(11)12)5(9)2-4(7)8/h6-7,17H,5,8H2,1-4H3;5-6,16H,4,7H2,1-3H3;5-7H,4H2,1-3H3;4-5,13H,3,6H2,1-2H3;2-3H,9H2,1H3. The van der Waals surface area contributed by atoms with E-state index in [0.29, 0.717) is 73.9 Å². The van der Waals surface area contributed by atoms with Gasteiger partial charge in [-0.2, -0.15) is 0 Å². The number of ketones is 2. The molecule has 0 amide bonds. The van der Waals surface area contributed by atoms with Crippen LogP contribution < -0.4 is 45.4 Å². The Bertz CT molecular complexity index is 4240. The smallest absolute Gasteiger partial charge is 0.325 e. The molecule has 8 aromatic rings. The molecule has 5 N–H and O–H groups in total. The van der Waals surface area contributed by atoms with E-state index >= 15 is 0 Å². The normalized spacial score (nSPS) is 11.5. The van der Waals surface area contributed by atoms with Crippen LogP contribution in [0.2, 0.25) is 0 Å². The van der Waals surface area contributed by atoms with Crippen LogP contribution in [-0.2, 0) is 41.5 Å². The van der Waals surface area contributed by atoms with E-state index in [1.54, 1.807) is 48.0 Å². The number of nitrogen functional groups attached to an aromatic ring is 1. The molecule has 2 aliphatic heterocycles. The maximum absolute atomic E-state index is 11.5. The summed E-state index contributed by atoms with van der Waals surface area (Å²) in [7, 11) is 7.50. The van der Waals surface area contributed by atoms with Crippen LogP contribution in [0.5, 0.6) is 28.7 Å². The third-order valence-electron chi connectivity index (χ3n) is 14.2. The van der Waals surface area contributed by atoms with Crippen molar-refractivity contribution in [3.8, 4) is 62.1 Å². The van der Waals surface area contributed by atoms with E-state index in [4.69, 9.17) is 52.5 Å². The third-order valence-corrected chi connectivity index (χ3v) is 15.5. The molecule has 0 aliphatic carbocycles. The zero-order valence-corrected chi connectivity index (χ0v) is 58.1. The van der Waals surface area contributed by atoms with Crippen molar-refractivity contribution in [2.75, 3.05) is 90.1 Å².